The maximum absolute atomic E-state index is 11.4. The number of hydrogen-bond donors (Lipinski definition) is 1. The minimum atomic E-state index is -0.831. The summed E-state index contributed by atoms with van der Waals surface area (Å²) in [6.45, 7) is 5.47. The van der Waals surface area contributed by atoms with Crippen molar-refractivity contribution < 1.29 is 9.53 Å². The molecule has 0 aliphatic heterocycles. The summed E-state index contributed by atoms with van der Waals surface area (Å²) in [4.78, 5) is 19.7. The van der Waals surface area contributed by atoms with Crippen LogP contribution in [0.2, 0.25) is 0 Å². The van der Waals surface area contributed by atoms with E-state index in [0.717, 1.165) is 12.0 Å². The van der Waals surface area contributed by atoms with Gasteiger partial charge in [-0.25, -0.2) is 14.8 Å². The van der Waals surface area contributed by atoms with Gasteiger partial charge < -0.3 is 10.1 Å². The number of rotatable bonds is 4. The van der Waals surface area contributed by atoms with Crippen molar-refractivity contribution in [3.8, 4) is 0 Å². The molecule has 0 unspecified atom stereocenters. The highest BCUT2D eigenvalue weighted by Gasteiger charge is 2.29. The topological polar surface area (TPSA) is 64.1 Å². The molecule has 16 heavy (non-hydrogen) atoms. The van der Waals surface area contributed by atoms with Crippen molar-refractivity contribution in [1.82, 2.24) is 9.97 Å². The van der Waals surface area contributed by atoms with Gasteiger partial charge in [0, 0.05) is 12.4 Å². The van der Waals surface area contributed by atoms with E-state index in [1.807, 2.05) is 6.92 Å². The van der Waals surface area contributed by atoms with Crippen LogP contribution in [0.15, 0.2) is 12.4 Å². The summed E-state index contributed by atoms with van der Waals surface area (Å²) in [5.74, 6) is 0.0725. The molecule has 0 saturated carbocycles. The first-order valence-electron chi connectivity index (χ1n) is 5.17. The second-order valence-electron chi connectivity index (χ2n) is 4.01. The fourth-order valence-corrected chi connectivity index (χ4v) is 1.19. The largest absolute Gasteiger partial charge is 0.467 e. The van der Waals surface area contributed by atoms with Gasteiger partial charge in [0.05, 0.1) is 7.11 Å². The Balaban J connectivity index is 2.76. The van der Waals surface area contributed by atoms with E-state index in [-0.39, 0.29) is 5.97 Å². The molecule has 0 saturated heterocycles. The summed E-state index contributed by atoms with van der Waals surface area (Å²) in [7, 11) is 1.35. The Morgan fingerprint density at radius 2 is 2.00 bits per heavy atom. The van der Waals surface area contributed by atoms with E-state index < -0.39 is 5.54 Å². The summed E-state index contributed by atoms with van der Waals surface area (Å²) in [6.07, 6.45) is 4.37. The Labute approximate surface area is 95.3 Å². The van der Waals surface area contributed by atoms with Crippen LogP contribution in [-0.2, 0) is 16.0 Å². The van der Waals surface area contributed by atoms with Crippen molar-refractivity contribution >= 4 is 11.9 Å². The Morgan fingerprint density at radius 1 is 1.44 bits per heavy atom. The molecule has 0 amide bonds. The van der Waals surface area contributed by atoms with Crippen LogP contribution < -0.4 is 5.32 Å². The maximum atomic E-state index is 11.4. The van der Waals surface area contributed by atoms with Crippen LogP contribution in [0, 0.1) is 0 Å². The van der Waals surface area contributed by atoms with E-state index in [9.17, 15) is 4.79 Å². The van der Waals surface area contributed by atoms with Gasteiger partial charge in [0.2, 0.25) is 5.95 Å². The number of carbonyl (C=O) groups excluding carboxylic acids is 1. The Bertz CT molecular complexity index is 360. The molecule has 0 bridgehead atoms. The van der Waals surface area contributed by atoms with Crippen molar-refractivity contribution in [3.63, 3.8) is 0 Å². The molecule has 1 N–H and O–H groups in total. The molecule has 5 heteroatoms. The normalized spacial score (nSPS) is 11.0. The lowest BCUT2D eigenvalue weighted by molar-refractivity contribution is -0.144. The van der Waals surface area contributed by atoms with E-state index >= 15 is 0 Å². The zero-order chi connectivity index (χ0) is 12.2. The summed E-state index contributed by atoms with van der Waals surface area (Å²) < 4.78 is 4.68. The Hall–Kier alpha value is -1.65. The molecule has 1 aromatic heterocycles. The first kappa shape index (κ1) is 12.4. The molecule has 0 aliphatic carbocycles. The lowest BCUT2D eigenvalue weighted by atomic mass is 10.1. The van der Waals surface area contributed by atoms with E-state index in [4.69, 9.17) is 0 Å². The van der Waals surface area contributed by atoms with Crippen molar-refractivity contribution in [2.45, 2.75) is 32.7 Å². The fraction of sp³-hybridized carbons (Fsp3) is 0.545. The van der Waals surface area contributed by atoms with Gasteiger partial charge in [-0.3, -0.25) is 0 Å². The summed E-state index contributed by atoms with van der Waals surface area (Å²) in [5, 5.41) is 2.92. The number of hydrogen-bond acceptors (Lipinski definition) is 5. The third-order valence-corrected chi connectivity index (χ3v) is 2.23. The van der Waals surface area contributed by atoms with Gasteiger partial charge in [-0.1, -0.05) is 6.92 Å². The summed E-state index contributed by atoms with van der Waals surface area (Å²) >= 11 is 0. The maximum Gasteiger partial charge on any atom is 0.330 e. The lowest BCUT2D eigenvalue weighted by Crippen LogP contribution is -2.41. The van der Waals surface area contributed by atoms with Crippen molar-refractivity contribution in [1.29, 1.82) is 0 Å². The van der Waals surface area contributed by atoms with Gasteiger partial charge >= 0.3 is 5.97 Å². The van der Waals surface area contributed by atoms with Crippen molar-refractivity contribution in [2.24, 2.45) is 0 Å². The number of nitrogens with zero attached hydrogens (tertiary/aromatic N) is 2. The third-order valence-electron chi connectivity index (χ3n) is 2.23. The second-order valence-corrected chi connectivity index (χ2v) is 4.01. The van der Waals surface area contributed by atoms with Gasteiger partial charge in [-0.15, -0.1) is 0 Å². The monoisotopic (exact) mass is 223 g/mol. The number of esters is 1. The van der Waals surface area contributed by atoms with E-state index in [0.29, 0.717) is 5.95 Å². The standard InChI is InChI=1S/C11H17N3O2/c1-5-8-6-12-10(13-7-8)14-11(2,3)9(15)16-4/h6-7H,5H2,1-4H3,(H,12,13,14). The molecule has 0 aliphatic rings. The van der Waals surface area contributed by atoms with Crippen LogP contribution in [0.3, 0.4) is 0 Å². The number of nitrogens with one attached hydrogen (secondary N) is 1. The quantitative estimate of drug-likeness (QED) is 0.782. The van der Waals surface area contributed by atoms with Gasteiger partial charge in [0.25, 0.3) is 0 Å². The van der Waals surface area contributed by atoms with Crippen LogP contribution in [-0.4, -0.2) is 28.6 Å². The second kappa shape index (κ2) is 4.92. The number of aromatic nitrogens is 2. The molecule has 0 spiro atoms. The van der Waals surface area contributed by atoms with Crippen LogP contribution in [0.1, 0.15) is 26.3 Å². The minimum Gasteiger partial charge on any atom is -0.467 e. The average molecular weight is 223 g/mol. The first-order chi connectivity index (χ1) is 7.49. The lowest BCUT2D eigenvalue weighted by Gasteiger charge is -2.22. The SMILES string of the molecule is CCc1cnc(NC(C)(C)C(=O)OC)nc1. The van der Waals surface area contributed by atoms with Crippen LogP contribution in [0.25, 0.3) is 0 Å². The molecule has 0 fully saturated rings. The molecule has 0 atom stereocenters. The molecule has 1 rings (SSSR count). The Kier molecular flexibility index (Phi) is 3.82. The van der Waals surface area contributed by atoms with Crippen molar-refractivity contribution in [2.75, 3.05) is 12.4 Å². The number of carbonyl (C=O) groups is 1. The predicted molar refractivity (Wildman–Crippen MR) is 61.1 cm³/mol. The van der Waals surface area contributed by atoms with E-state index in [1.54, 1.807) is 26.2 Å². The third kappa shape index (κ3) is 2.92. The molecule has 5 nitrogen and oxygen atoms in total. The van der Waals surface area contributed by atoms with E-state index in [1.165, 1.54) is 7.11 Å². The smallest absolute Gasteiger partial charge is 0.330 e. The molecule has 0 radical (unpaired) electrons. The van der Waals surface area contributed by atoms with Crippen LogP contribution >= 0.6 is 0 Å². The molecule has 0 aromatic carbocycles. The number of aryl methyl sites for hydroxylation is 1. The highest BCUT2D eigenvalue weighted by Crippen LogP contribution is 2.12. The number of ether oxygens (including phenoxy) is 1. The minimum absolute atomic E-state index is 0.351. The Morgan fingerprint density at radius 3 is 2.44 bits per heavy atom. The molecule has 1 aromatic rings. The number of anilines is 1. The number of methoxy groups -OCH3 is 1. The summed E-state index contributed by atoms with van der Waals surface area (Å²) in [6, 6.07) is 0. The fourth-order valence-electron chi connectivity index (χ4n) is 1.19. The van der Waals surface area contributed by atoms with Gasteiger partial charge in [-0.05, 0) is 25.8 Å². The highest BCUT2D eigenvalue weighted by atomic mass is 16.5. The zero-order valence-electron chi connectivity index (χ0n) is 10.1. The highest BCUT2D eigenvalue weighted by molar-refractivity contribution is 5.82. The summed E-state index contributed by atoms with van der Waals surface area (Å²) in [5.41, 5.74) is 0.226. The van der Waals surface area contributed by atoms with Gasteiger partial charge in [-0.2, -0.15) is 0 Å². The molecule has 1 heterocycles. The van der Waals surface area contributed by atoms with Crippen LogP contribution in [0.5, 0.6) is 0 Å². The van der Waals surface area contributed by atoms with Gasteiger partial charge in [0.15, 0.2) is 0 Å². The zero-order valence-corrected chi connectivity index (χ0v) is 10.1. The van der Waals surface area contributed by atoms with Crippen LogP contribution in [0.4, 0.5) is 5.95 Å². The van der Waals surface area contributed by atoms with Gasteiger partial charge in [0.1, 0.15) is 5.54 Å². The molecular weight excluding hydrogens is 206 g/mol. The predicted octanol–water partition coefficient (Wildman–Crippen LogP) is 1.40. The molecule has 88 valence electrons. The first-order valence-corrected chi connectivity index (χ1v) is 5.17. The van der Waals surface area contributed by atoms with E-state index in [2.05, 4.69) is 20.0 Å². The van der Waals surface area contributed by atoms with Crippen molar-refractivity contribution in [3.05, 3.63) is 18.0 Å². The average Bonchev–Trinajstić information content (AvgIpc) is 2.28. The molecular formula is C11H17N3O2.